The van der Waals surface area contributed by atoms with Crippen molar-refractivity contribution >= 4 is 91.2 Å². The van der Waals surface area contributed by atoms with Crippen LogP contribution in [0, 0.1) is 0 Å². The normalized spacial score (nSPS) is 15.3. The van der Waals surface area contributed by atoms with Gasteiger partial charge >= 0.3 is 35.2 Å². The van der Waals surface area contributed by atoms with Crippen molar-refractivity contribution in [2.75, 3.05) is 0 Å². The number of benzene rings is 1. The second kappa shape index (κ2) is 17.7. The van der Waals surface area contributed by atoms with E-state index in [1.165, 1.54) is 0 Å². The molecule has 0 amide bonds. The van der Waals surface area contributed by atoms with Crippen molar-refractivity contribution in [2.45, 2.75) is 150 Å². The van der Waals surface area contributed by atoms with Crippen LogP contribution in [0.4, 0.5) is 0 Å². The van der Waals surface area contributed by atoms with E-state index in [0.29, 0.717) is 12.5 Å². The molecule has 0 aliphatic carbocycles. The quantitative estimate of drug-likeness (QED) is 0.106. The zero-order valence-corrected chi connectivity index (χ0v) is 45.6. The molecule has 0 atom stereocenters. The zero-order chi connectivity index (χ0) is 39.3. The molecule has 0 N–H and O–H groups in total. The SMILES string of the molecule is C[Si](C)(C)O[Si](C)(O[Si](C)(C)C)O[Si](CCC=Cc1ccccc1)(O[Si](C)(O[Si](C)(C)C)O[Si](C)(C)C)O[Si](C)(O[Si](C)(C)C)O[Si](C)(C)C. The second-order valence-electron chi connectivity index (χ2n) is 19.2. The van der Waals surface area contributed by atoms with E-state index in [1.807, 2.05) is 37.8 Å². The summed E-state index contributed by atoms with van der Waals surface area (Å²) in [5, 5.41) is 0. The highest BCUT2D eigenvalue weighted by atomic mass is 28.6. The molecule has 0 aliphatic rings. The summed E-state index contributed by atoms with van der Waals surface area (Å²) in [4.78, 5) is 0. The average Bonchev–Trinajstić information content (AvgIpc) is 2.73. The van der Waals surface area contributed by atoms with Gasteiger partial charge < -0.3 is 37.0 Å². The van der Waals surface area contributed by atoms with Gasteiger partial charge in [0, 0.05) is 25.7 Å². The highest BCUT2D eigenvalue weighted by Crippen LogP contribution is 2.37. The lowest BCUT2D eigenvalue weighted by Gasteiger charge is -2.49. The Hall–Kier alpha value is 0.769. The van der Waals surface area contributed by atoms with Crippen molar-refractivity contribution in [3.05, 3.63) is 42.0 Å². The third-order valence-electron chi connectivity index (χ3n) is 5.70. The van der Waals surface area contributed by atoms with Gasteiger partial charge in [-0.25, -0.2) is 0 Å². The summed E-state index contributed by atoms with van der Waals surface area (Å²) >= 11 is 0. The van der Waals surface area contributed by atoms with E-state index in [9.17, 15) is 0 Å². The fraction of sp³-hybridized carbons (Fsp3) is 0.742. The molecule has 19 heteroatoms. The van der Waals surface area contributed by atoms with Gasteiger partial charge in [0.25, 0.3) is 0 Å². The minimum absolute atomic E-state index is 0.447. The highest BCUT2D eigenvalue weighted by Gasteiger charge is 2.63. The van der Waals surface area contributed by atoms with E-state index >= 15 is 0 Å². The minimum Gasteiger partial charge on any atom is -0.417 e. The molecule has 0 unspecified atom stereocenters. The van der Waals surface area contributed by atoms with Gasteiger partial charge in [-0.05, 0) is 130 Å². The largest absolute Gasteiger partial charge is 0.479 e. The lowest BCUT2D eigenvalue weighted by molar-refractivity contribution is 0.120. The summed E-state index contributed by atoms with van der Waals surface area (Å²) in [5.74, 6) is 0. The Morgan fingerprint density at radius 1 is 0.380 bits per heavy atom. The number of hydrogen-bond acceptors (Lipinski definition) is 9. The molecule has 0 aromatic heterocycles. The van der Waals surface area contributed by atoms with Gasteiger partial charge in [0.1, 0.15) is 0 Å². The van der Waals surface area contributed by atoms with Crippen molar-refractivity contribution in [1.82, 2.24) is 0 Å². The Morgan fingerprint density at radius 3 is 0.880 bits per heavy atom. The van der Waals surface area contributed by atoms with Crippen molar-refractivity contribution in [1.29, 1.82) is 0 Å². The second-order valence-corrected chi connectivity index (χ2v) is 59.0. The average molecular weight is 872 g/mol. The molecular weight excluding hydrogens is 797 g/mol. The predicted octanol–water partition coefficient (Wildman–Crippen LogP) is 10.9. The molecule has 0 spiro atoms. The van der Waals surface area contributed by atoms with Gasteiger partial charge in [0.15, 0.2) is 49.9 Å². The fourth-order valence-corrected chi connectivity index (χ4v) is 47.4. The summed E-state index contributed by atoms with van der Waals surface area (Å²) in [6.45, 7) is 45.2. The fourth-order valence-electron chi connectivity index (χ4n) is 5.63. The summed E-state index contributed by atoms with van der Waals surface area (Å²) in [5.41, 5.74) is 1.12. The molecule has 1 rings (SSSR count). The molecule has 1 aromatic rings. The Balaban J connectivity index is 4.21. The van der Waals surface area contributed by atoms with Crippen LogP contribution in [0.5, 0.6) is 0 Å². The molecule has 292 valence electrons. The summed E-state index contributed by atoms with van der Waals surface area (Å²) in [6, 6.07) is 10.8. The van der Waals surface area contributed by atoms with Crippen molar-refractivity contribution < 1.29 is 37.0 Å². The van der Waals surface area contributed by atoms with Crippen LogP contribution in [0.2, 0.25) is 144 Å². The predicted molar refractivity (Wildman–Crippen MR) is 235 cm³/mol. The minimum atomic E-state index is -3.92. The molecule has 1 aromatic carbocycles. The molecule has 0 aliphatic heterocycles. The van der Waals surface area contributed by atoms with E-state index in [0.717, 1.165) is 5.56 Å². The molecular formula is C31H74O9Si10. The van der Waals surface area contributed by atoms with Gasteiger partial charge in [-0.2, -0.15) is 0 Å². The maximum atomic E-state index is 7.52. The Kier molecular flexibility index (Phi) is 17.3. The maximum Gasteiger partial charge on any atom is 0.479 e. The van der Waals surface area contributed by atoms with Gasteiger partial charge in [0.05, 0.1) is 0 Å². The molecule has 9 nitrogen and oxygen atoms in total. The first-order chi connectivity index (χ1) is 21.9. The zero-order valence-electron chi connectivity index (χ0n) is 35.6. The summed E-state index contributed by atoms with van der Waals surface area (Å²) in [6.07, 6.45) is 4.93. The monoisotopic (exact) mass is 870 g/mol. The molecule has 0 radical (unpaired) electrons. The van der Waals surface area contributed by atoms with E-state index < -0.39 is 85.1 Å². The van der Waals surface area contributed by atoms with Crippen LogP contribution in [-0.4, -0.2) is 85.1 Å². The van der Waals surface area contributed by atoms with Gasteiger partial charge in [-0.1, -0.05) is 42.5 Å². The van der Waals surface area contributed by atoms with Crippen LogP contribution < -0.4 is 0 Å². The van der Waals surface area contributed by atoms with Crippen molar-refractivity contribution in [3.63, 3.8) is 0 Å². The van der Waals surface area contributed by atoms with Gasteiger partial charge in [-0.15, -0.1) is 0 Å². The van der Waals surface area contributed by atoms with Crippen LogP contribution in [-0.2, 0) is 37.0 Å². The molecule has 0 fully saturated rings. The topological polar surface area (TPSA) is 83.1 Å². The Morgan fingerprint density at radius 2 is 0.640 bits per heavy atom. The first-order valence-electron chi connectivity index (χ1n) is 18.0. The third-order valence-corrected chi connectivity index (χ3v) is 38.4. The maximum absolute atomic E-state index is 7.52. The van der Waals surface area contributed by atoms with E-state index in [1.54, 1.807) is 0 Å². The molecule has 0 bridgehead atoms. The smallest absolute Gasteiger partial charge is 0.417 e. The summed E-state index contributed by atoms with van der Waals surface area (Å²) in [7, 11) is -27.4. The number of hydrogen-bond donors (Lipinski definition) is 0. The van der Waals surface area contributed by atoms with E-state index in [2.05, 4.69) is 142 Å². The van der Waals surface area contributed by atoms with Crippen molar-refractivity contribution in [3.8, 4) is 0 Å². The standard InChI is InChI=1S/C31H74O9Si10/c1-41(2,3)32-47(19,33-42(4,5)6)38-50(30-26-25-29-31-27-23-22-24-28-31,39-48(20,34-43(7,8)9)35-44(10,11)12)40-49(21,36-45(13,14)15)37-46(16,17)18/h22-25,27-29H,26,30H2,1-21H3. The van der Waals surface area contributed by atoms with Gasteiger partial charge in [-0.3, -0.25) is 0 Å². The van der Waals surface area contributed by atoms with Crippen LogP contribution in [0.1, 0.15) is 12.0 Å². The van der Waals surface area contributed by atoms with E-state index in [-0.39, 0.29) is 0 Å². The Bertz CT molecular complexity index is 1060. The van der Waals surface area contributed by atoms with Crippen LogP contribution >= 0.6 is 0 Å². The molecule has 50 heavy (non-hydrogen) atoms. The third kappa shape index (κ3) is 22.2. The molecule has 0 heterocycles. The highest BCUT2D eigenvalue weighted by molar-refractivity contribution is 6.95. The molecule has 0 saturated heterocycles. The first kappa shape index (κ1) is 48.8. The van der Waals surface area contributed by atoms with Crippen molar-refractivity contribution in [2.24, 2.45) is 0 Å². The lowest BCUT2D eigenvalue weighted by Crippen LogP contribution is -2.71. The lowest BCUT2D eigenvalue weighted by atomic mass is 10.2. The molecule has 0 saturated carbocycles. The van der Waals surface area contributed by atoms with Gasteiger partial charge in [0.2, 0.25) is 0 Å². The van der Waals surface area contributed by atoms with Crippen LogP contribution in [0.15, 0.2) is 36.4 Å². The van der Waals surface area contributed by atoms with Crippen LogP contribution in [0.25, 0.3) is 6.08 Å². The first-order valence-corrected chi connectivity index (χ1v) is 47.0. The number of allylic oxidation sites excluding steroid dienone is 1. The Labute approximate surface area is 318 Å². The number of rotatable bonds is 22. The van der Waals surface area contributed by atoms with E-state index in [4.69, 9.17) is 37.0 Å². The van der Waals surface area contributed by atoms with Crippen LogP contribution in [0.3, 0.4) is 0 Å². The summed E-state index contributed by atoms with van der Waals surface area (Å²) < 4.78 is 64.5.